The highest BCUT2D eigenvalue weighted by atomic mass is 32.1. The summed E-state index contributed by atoms with van der Waals surface area (Å²) in [7, 11) is 3.57. The van der Waals surface area contributed by atoms with E-state index in [0.29, 0.717) is 0 Å². The summed E-state index contributed by atoms with van der Waals surface area (Å²) >= 11 is 1.51. The molecule has 0 unspecified atom stereocenters. The number of nitrogens with one attached hydrogen (secondary N) is 2. The van der Waals surface area contributed by atoms with Gasteiger partial charge in [-0.2, -0.15) is 0 Å². The third kappa shape index (κ3) is 4.04. The molecule has 0 spiro atoms. The first kappa shape index (κ1) is 19.6. The maximum atomic E-state index is 12.5. The lowest BCUT2D eigenvalue weighted by Crippen LogP contribution is -2.43. The van der Waals surface area contributed by atoms with Crippen LogP contribution in [-0.4, -0.2) is 61.0 Å². The number of pyridine rings is 2. The predicted octanol–water partition coefficient (Wildman–Crippen LogP) is 3.11. The van der Waals surface area contributed by atoms with Gasteiger partial charge in [-0.1, -0.05) is 6.92 Å². The van der Waals surface area contributed by atoms with E-state index < -0.39 is 0 Å². The normalized spacial score (nSPS) is 14.2. The Bertz CT molecular complexity index is 1010. The number of carbonyl (C=O) groups is 1. The second kappa shape index (κ2) is 8.34. The van der Waals surface area contributed by atoms with E-state index in [9.17, 15) is 4.79 Å². The van der Waals surface area contributed by atoms with Gasteiger partial charge in [0, 0.05) is 51.9 Å². The number of amides is 1. The van der Waals surface area contributed by atoms with E-state index in [4.69, 9.17) is 0 Å². The minimum absolute atomic E-state index is 0.0442. The maximum absolute atomic E-state index is 12.5. The second-order valence-corrected chi connectivity index (χ2v) is 8.34. The van der Waals surface area contributed by atoms with Crippen LogP contribution in [0.5, 0.6) is 0 Å². The zero-order chi connectivity index (χ0) is 20.4. The monoisotopic (exact) mass is 410 g/mol. The molecule has 7 nitrogen and oxygen atoms in total. The summed E-state index contributed by atoms with van der Waals surface area (Å²) in [5, 5.41) is 7.74. The van der Waals surface area contributed by atoms with Crippen LogP contribution in [0.3, 0.4) is 0 Å². The summed E-state index contributed by atoms with van der Waals surface area (Å²) in [5.74, 6) is 1.53. The van der Waals surface area contributed by atoms with E-state index in [2.05, 4.69) is 38.5 Å². The number of thiophene rings is 1. The standard InChI is InChI=1S/C21H26N6OS/c1-4-15-16-11-19(24-13-17(16)29-20(15)21(28)26(2)3)25-18-6-5-14(12-23-18)27-9-7-22-8-10-27/h5-6,11-13,22H,4,7-10H2,1-3H3,(H,23,24,25). The number of anilines is 3. The molecule has 29 heavy (non-hydrogen) atoms. The van der Waals surface area contributed by atoms with Gasteiger partial charge in [-0.3, -0.25) is 4.79 Å². The summed E-state index contributed by atoms with van der Waals surface area (Å²) in [6.45, 7) is 6.08. The number of carbonyl (C=O) groups excluding carboxylic acids is 1. The van der Waals surface area contributed by atoms with Gasteiger partial charge in [0.15, 0.2) is 0 Å². The Morgan fingerprint density at radius 2 is 1.97 bits per heavy atom. The average molecular weight is 411 g/mol. The van der Waals surface area contributed by atoms with Gasteiger partial charge in [-0.25, -0.2) is 9.97 Å². The number of nitrogens with zero attached hydrogens (tertiary/aromatic N) is 4. The van der Waals surface area contributed by atoms with Crippen LogP contribution in [0.4, 0.5) is 17.3 Å². The molecule has 3 aromatic rings. The SMILES string of the molecule is CCc1c(C(=O)N(C)C)sc2cnc(Nc3ccc(N4CCNCC4)cn3)cc12. The topological polar surface area (TPSA) is 73.4 Å². The molecule has 1 saturated heterocycles. The summed E-state index contributed by atoms with van der Waals surface area (Å²) < 4.78 is 1.03. The number of hydrogen-bond donors (Lipinski definition) is 2. The third-order valence-corrected chi connectivity index (χ3v) is 6.29. The molecule has 0 bridgehead atoms. The highest BCUT2D eigenvalue weighted by molar-refractivity contribution is 7.21. The molecule has 0 saturated carbocycles. The molecule has 1 aliphatic rings. The third-order valence-electron chi connectivity index (χ3n) is 5.12. The van der Waals surface area contributed by atoms with Crippen molar-refractivity contribution in [3.05, 3.63) is 41.0 Å². The van der Waals surface area contributed by atoms with Crippen molar-refractivity contribution in [3.8, 4) is 0 Å². The van der Waals surface area contributed by atoms with Crippen molar-refractivity contribution in [3.63, 3.8) is 0 Å². The second-order valence-electron chi connectivity index (χ2n) is 7.29. The first-order valence-corrected chi connectivity index (χ1v) is 10.7. The molecule has 0 aliphatic carbocycles. The van der Waals surface area contributed by atoms with E-state index in [1.807, 2.05) is 24.5 Å². The summed E-state index contributed by atoms with van der Waals surface area (Å²) in [6.07, 6.45) is 4.54. The Hall–Kier alpha value is -2.71. The molecule has 2 N–H and O–H groups in total. The molecule has 1 aliphatic heterocycles. The van der Waals surface area contributed by atoms with Crippen LogP contribution in [-0.2, 0) is 6.42 Å². The molecule has 4 rings (SSSR count). The van der Waals surface area contributed by atoms with Crippen molar-refractivity contribution in [2.45, 2.75) is 13.3 Å². The average Bonchev–Trinajstić information content (AvgIpc) is 3.12. The lowest BCUT2D eigenvalue weighted by molar-refractivity contribution is 0.0831. The summed E-state index contributed by atoms with van der Waals surface area (Å²) in [5.41, 5.74) is 2.22. The van der Waals surface area contributed by atoms with Crippen LogP contribution in [0.25, 0.3) is 10.1 Å². The summed E-state index contributed by atoms with van der Waals surface area (Å²) in [6, 6.07) is 6.09. The van der Waals surface area contributed by atoms with E-state index >= 15 is 0 Å². The Kier molecular flexibility index (Phi) is 5.64. The van der Waals surface area contributed by atoms with Gasteiger partial charge in [0.1, 0.15) is 11.6 Å². The maximum Gasteiger partial charge on any atom is 0.263 e. The number of piperazine rings is 1. The minimum Gasteiger partial charge on any atom is -0.368 e. The van der Waals surface area contributed by atoms with Gasteiger partial charge in [-0.05, 0) is 30.2 Å². The Labute approximate surface area is 174 Å². The molecule has 0 atom stereocenters. The molecule has 4 heterocycles. The largest absolute Gasteiger partial charge is 0.368 e. The lowest BCUT2D eigenvalue weighted by atomic mass is 10.1. The van der Waals surface area contributed by atoms with Gasteiger partial charge in [0.25, 0.3) is 5.91 Å². The van der Waals surface area contributed by atoms with Crippen molar-refractivity contribution < 1.29 is 4.79 Å². The number of rotatable bonds is 5. The first-order chi connectivity index (χ1) is 14.1. The zero-order valence-corrected chi connectivity index (χ0v) is 17.8. The van der Waals surface area contributed by atoms with Gasteiger partial charge in [0.05, 0.1) is 21.5 Å². The Morgan fingerprint density at radius 1 is 1.21 bits per heavy atom. The van der Waals surface area contributed by atoms with Crippen molar-refractivity contribution in [2.24, 2.45) is 0 Å². The molecule has 8 heteroatoms. The van der Waals surface area contributed by atoms with Crippen molar-refractivity contribution in [1.82, 2.24) is 20.2 Å². The molecular formula is C21H26N6OS. The number of hydrogen-bond acceptors (Lipinski definition) is 7. The molecule has 1 amide bonds. The Balaban J connectivity index is 1.57. The van der Waals surface area contributed by atoms with E-state index in [1.54, 1.807) is 19.0 Å². The van der Waals surface area contributed by atoms with Crippen molar-refractivity contribution in [2.75, 3.05) is 50.5 Å². The molecule has 1 fully saturated rings. The number of fused-ring (bicyclic) bond motifs is 1. The quantitative estimate of drug-likeness (QED) is 0.673. The first-order valence-electron chi connectivity index (χ1n) is 9.88. The van der Waals surface area contributed by atoms with Crippen LogP contribution in [0.1, 0.15) is 22.2 Å². The molecule has 152 valence electrons. The molecule has 3 aromatic heterocycles. The van der Waals surface area contributed by atoms with E-state index in [-0.39, 0.29) is 5.91 Å². The summed E-state index contributed by atoms with van der Waals surface area (Å²) in [4.78, 5) is 26.3. The van der Waals surface area contributed by atoms with Crippen LogP contribution in [0, 0.1) is 0 Å². The molecule has 0 aromatic carbocycles. The van der Waals surface area contributed by atoms with Gasteiger partial charge >= 0.3 is 0 Å². The number of aromatic nitrogens is 2. The van der Waals surface area contributed by atoms with E-state index in [0.717, 1.165) is 70.4 Å². The van der Waals surface area contributed by atoms with Crippen molar-refractivity contribution >= 4 is 44.7 Å². The van der Waals surface area contributed by atoms with Crippen LogP contribution in [0.15, 0.2) is 30.6 Å². The smallest absolute Gasteiger partial charge is 0.263 e. The lowest BCUT2D eigenvalue weighted by Gasteiger charge is -2.29. The number of aryl methyl sites for hydroxylation is 1. The fourth-order valence-corrected chi connectivity index (χ4v) is 4.82. The molecular weight excluding hydrogens is 384 g/mol. The van der Waals surface area contributed by atoms with E-state index in [1.165, 1.54) is 11.3 Å². The van der Waals surface area contributed by atoms with Crippen LogP contribution >= 0.6 is 11.3 Å². The Morgan fingerprint density at radius 3 is 2.62 bits per heavy atom. The minimum atomic E-state index is 0.0442. The highest BCUT2D eigenvalue weighted by Gasteiger charge is 2.19. The molecule has 0 radical (unpaired) electrons. The van der Waals surface area contributed by atoms with Gasteiger partial charge in [-0.15, -0.1) is 11.3 Å². The zero-order valence-electron chi connectivity index (χ0n) is 17.0. The predicted molar refractivity (Wildman–Crippen MR) is 120 cm³/mol. The fourth-order valence-electron chi connectivity index (χ4n) is 3.55. The van der Waals surface area contributed by atoms with Crippen molar-refractivity contribution in [1.29, 1.82) is 0 Å². The van der Waals surface area contributed by atoms with Crippen LogP contribution in [0.2, 0.25) is 0 Å². The van der Waals surface area contributed by atoms with Gasteiger partial charge < -0.3 is 20.4 Å². The van der Waals surface area contributed by atoms with Crippen LogP contribution < -0.4 is 15.5 Å². The fraction of sp³-hybridized carbons (Fsp3) is 0.381. The highest BCUT2D eigenvalue weighted by Crippen LogP contribution is 2.33. The van der Waals surface area contributed by atoms with Gasteiger partial charge in [0.2, 0.25) is 0 Å².